The van der Waals surface area contributed by atoms with E-state index in [1.165, 1.54) is 80.4 Å². The Bertz CT molecular complexity index is 2580. The van der Waals surface area contributed by atoms with Gasteiger partial charge in [-0.2, -0.15) is 0 Å². The van der Waals surface area contributed by atoms with Crippen LogP contribution < -0.4 is 4.90 Å². The molecular weight excluding hydrogens is 551 g/mol. The number of hydrogen-bond acceptors (Lipinski definition) is 2. The van der Waals surface area contributed by atoms with Crippen molar-refractivity contribution in [2.45, 2.75) is 0 Å². The molecule has 10 rings (SSSR count). The standard InChI is InChI=1S/C42H25NS/c1-3-9-26(10-4-1)27-17-21-31(22-18-27)43(30-13-5-2-6-14-30)35-25-37-42-40-34(35)23-19-28-11-7-15-32(38(28)40)33-16-8-12-29-20-24-36(44-37)41(42)39(29)33/h1-25H. The number of fused-ring (bicyclic) bond motifs is 1. The van der Waals surface area contributed by atoms with Crippen molar-refractivity contribution < 1.29 is 0 Å². The molecule has 1 aliphatic carbocycles. The summed E-state index contributed by atoms with van der Waals surface area (Å²) in [5, 5.41) is 10.8. The summed E-state index contributed by atoms with van der Waals surface area (Å²) in [5.74, 6) is 0. The van der Waals surface area contributed by atoms with Gasteiger partial charge in [-0.15, -0.1) is 11.3 Å². The number of para-hydroxylation sites is 1. The van der Waals surface area contributed by atoms with Crippen LogP contribution in [-0.2, 0) is 0 Å². The van der Waals surface area contributed by atoms with Gasteiger partial charge >= 0.3 is 0 Å². The predicted octanol–water partition coefficient (Wildman–Crippen LogP) is 12.6. The number of anilines is 3. The van der Waals surface area contributed by atoms with Crippen molar-refractivity contribution >= 4 is 80.9 Å². The van der Waals surface area contributed by atoms with Crippen LogP contribution in [0.1, 0.15) is 0 Å². The molecule has 204 valence electrons. The number of rotatable bonds is 4. The number of benzene rings is 8. The lowest BCUT2D eigenvalue weighted by Crippen LogP contribution is -2.10. The van der Waals surface area contributed by atoms with Crippen molar-refractivity contribution in [3.63, 3.8) is 0 Å². The maximum Gasteiger partial charge on any atom is 0.0554 e. The van der Waals surface area contributed by atoms with Crippen LogP contribution in [0.5, 0.6) is 0 Å². The number of thiophene rings is 1. The third-order valence-corrected chi connectivity index (χ3v) is 10.4. The quantitative estimate of drug-likeness (QED) is 0.189. The lowest BCUT2D eigenvalue weighted by Gasteiger charge is -2.27. The second kappa shape index (κ2) is 9.03. The molecular formula is C42H25NS. The van der Waals surface area contributed by atoms with Crippen molar-refractivity contribution in [3.05, 3.63) is 152 Å². The van der Waals surface area contributed by atoms with E-state index in [1.54, 1.807) is 0 Å². The Morgan fingerprint density at radius 2 is 0.977 bits per heavy atom. The smallest absolute Gasteiger partial charge is 0.0554 e. The number of hydrogen-bond donors (Lipinski definition) is 0. The van der Waals surface area contributed by atoms with E-state index < -0.39 is 0 Å². The molecule has 1 heterocycles. The molecule has 1 nitrogen and oxygen atoms in total. The van der Waals surface area contributed by atoms with Crippen LogP contribution in [0.25, 0.3) is 74.7 Å². The van der Waals surface area contributed by atoms with E-state index in [2.05, 4.69) is 157 Å². The van der Waals surface area contributed by atoms with Crippen molar-refractivity contribution in [1.29, 1.82) is 0 Å². The fourth-order valence-corrected chi connectivity index (χ4v) is 8.62. The van der Waals surface area contributed by atoms with E-state index in [1.807, 2.05) is 11.3 Å². The highest BCUT2D eigenvalue weighted by molar-refractivity contribution is 7.26. The maximum atomic E-state index is 2.44. The molecule has 9 aromatic rings. The average molecular weight is 576 g/mol. The zero-order chi connectivity index (χ0) is 28.8. The third kappa shape index (κ3) is 3.29. The summed E-state index contributed by atoms with van der Waals surface area (Å²) >= 11 is 1.92. The summed E-state index contributed by atoms with van der Waals surface area (Å²) < 4.78 is 2.68. The molecule has 0 saturated carbocycles. The normalized spacial score (nSPS) is 12.1. The van der Waals surface area contributed by atoms with Crippen LogP contribution in [0.15, 0.2) is 152 Å². The van der Waals surface area contributed by atoms with E-state index in [9.17, 15) is 0 Å². The first-order valence-corrected chi connectivity index (χ1v) is 15.9. The first-order valence-electron chi connectivity index (χ1n) is 15.1. The van der Waals surface area contributed by atoms with Gasteiger partial charge in [-0.3, -0.25) is 0 Å². The Kier molecular flexibility index (Phi) is 4.94. The van der Waals surface area contributed by atoms with Gasteiger partial charge in [0.25, 0.3) is 0 Å². The van der Waals surface area contributed by atoms with E-state index >= 15 is 0 Å². The minimum absolute atomic E-state index is 1.14. The van der Waals surface area contributed by atoms with Crippen molar-refractivity contribution in [1.82, 2.24) is 0 Å². The SMILES string of the molecule is c1ccc(-c2ccc(N(c3ccccc3)c3cc4sc5ccc6cccc7c6c5c4c4c3ccc3cccc-7c34)cc2)cc1. The van der Waals surface area contributed by atoms with Gasteiger partial charge in [-0.1, -0.05) is 115 Å². The lowest BCUT2D eigenvalue weighted by atomic mass is 9.92. The van der Waals surface area contributed by atoms with E-state index in [0.29, 0.717) is 0 Å². The van der Waals surface area contributed by atoms with Gasteiger partial charge < -0.3 is 4.90 Å². The summed E-state index contributed by atoms with van der Waals surface area (Å²) in [4.78, 5) is 2.44. The van der Waals surface area contributed by atoms with E-state index in [-0.39, 0.29) is 0 Å². The second-order valence-corrected chi connectivity index (χ2v) is 12.8. The highest BCUT2D eigenvalue weighted by Crippen LogP contribution is 2.53. The van der Waals surface area contributed by atoms with Gasteiger partial charge in [0.1, 0.15) is 0 Å². The van der Waals surface area contributed by atoms with Crippen LogP contribution in [0.4, 0.5) is 17.1 Å². The Labute approximate surface area is 258 Å². The molecule has 0 aliphatic heterocycles. The summed E-state index contributed by atoms with van der Waals surface area (Å²) in [6.07, 6.45) is 0. The molecule has 0 amide bonds. The molecule has 0 unspecified atom stereocenters. The predicted molar refractivity (Wildman–Crippen MR) is 191 cm³/mol. The van der Waals surface area contributed by atoms with Crippen LogP contribution in [0.3, 0.4) is 0 Å². The van der Waals surface area contributed by atoms with Gasteiger partial charge in [-0.25, -0.2) is 0 Å². The fraction of sp³-hybridized carbons (Fsp3) is 0. The van der Waals surface area contributed by atoms with Gasteiger partial charge in [0.05, 0.1) is 5.69 Å². The van der Waals surface area contributed by atoms with Gasteiger partial charge in [0.2, 0.25) is 0 Å². The van der Waals surface area contributed by atoms with Gasteiger partial charge in [0.15, 0.2) is 0 Å². The van der Waals surface area contributed by atoms with Gasteiger partial charge in [-0.05, 0) is 80.2 Å². The van der Waals surface area contributed by atoms with Crippen molar-refractivity contribution in [3.8, 4) is 22.3 Å². The molecule has 0 spiro atoms. The molecule has 44 heavy (non-hydrogen) atoms. The van der Waals surface area contributed by atoms with Crippen LogP contribution in [0.2, 0.25) is 0 Å². The molecule has 0 bridgehead atoms. The molecule has 8 aromatic carbocycles. The summed E-state index contributed by atoms with van der Waals surface area (Å²) in [6, 6.07) is 55.8. The third-order valence-electron chi connectivity index (χ3n) is 9.34. The topological polar surface area (TPSA) is 3.24 Å². The zero-order valence-electron chi connectivity index (χ0n) is 23.8. The lowest BCUT2D eigenvalue weighted by molar-refractivity contribution is 1.30. The summed E-state index contributed by atoms with van der Waals surface area (Å²) in [7, 11) is 0. The molecule has 0 fully saturated rings. The Morgan fingerprint density at radius 3 is 1.70 bits per heavy atom. The largest absolute Gasteiger partial charge is 0.310 e. The average Bonchev–Trinajstić information content (AvgIpc) is 3.41. The Balaban J connectivity index is 1.34. The first-order chi connectivity index (χ1) is 21.8. The second-order valence-electron chi connectivity index (χ2n) is 11.7. The fourth-order valence-electron chi connectivity index (χ4n) is 7.46. The monoisotopic (exact) mass is 575 g/mol. The van der Waals surface area contributed by atoms with E-state index in [0.717, 1.165) is 11.4 Å². The highest BCUT2D eigenvalue weighted by Gasteiger charge is 2.25. The Morgan fingerprint density at radius 1 is 0.386 bits per heavy atom. The van der Waals surface area contributed by atoms with Gasteiger partial charge in [0, 0.05) is 42.3 Å². The molecule has 0 saturated heterocycles. The van der Waals surface area contributed by atoms with E-state index in [4.69, 9.17) is 0 Å². The Hall–Kier alpha value is -5.44. The summed E-state index contributed by atoms with van der Waals surface area (Å²) in [5.41, 5.74) is 8.60. The molecule has 0 atom stereocenters. The molecule has 1 aliphatic rings. The molecule has 2 heteroatoms. The van der Waals surface area contributed by atoms with Crippen LogP contribution in [-0.4, -0.2) is 0 Å². The molecule has 0 radical (unpaired) electrons. The van der Waals surface area contributed by atoms with Crippen LogP contribution in [0, 0.1) is 0 Å². The minimum atomic E-state index is 1.14. The highest BCUT2D eigenvalue weighted by atomic mass is 32.1. The summed E-state index contributed by atoms with van der Waals surface area (Å²) in [6.45, 7) is 0. The maximum absolute atomic E-state index is 2.44. The minimum Gasteiger partial charge on any atom is -0.310 e. The van der Waals surface area contributed by atoms with Crippen molar-refractivity contribution in [2.75, 3.05) is 4.90 Å². The first kappa shape index (κ1) is 24.0. The van der Waals surface area contributed by atoms with Crippen molar-refractivity contribution in [2.24, 2.45) is 0 Å². The molecule has 1 aromatic heterocycles. The number of nitrogens with zero attached hydrogens (tertiary/aromatic N) is 1. The van der Waals surface area contributed by atoms with Crippen LogP contribution >= 0.6 is 11.3 Å². The zero-order valence-corrected chi connectivity index (χ0v) is 24.6. The molecule has 0 N–H and O–H groups in total.